The van der Waals surface area contributed by atoms with Crippen molar-refractivity contribution in [1.82, 2.24) is 0 Å². The molecule has 0 atom stereocenters. The quantitative estimate of drug-likeness (QED) is 0.384. The fraction of sp³-hybridized carbons (Fsp3) is 0.583. The van der Waals surface area contributed by atoms with Gasteiger partial charge in [0.1, 0.15) is 6.29 Å². The van der Waals surface area contributed by atoms with Gasteiger partial charge in [0.15, 0.2) is 0 Å². The van der Waals surface area contributed by atoms with Gasteiger partial charge in [0, 0.05) is 5.92 Å². The average molecular weight is 230 g/mol. The van der Waals surface area contributed by atoms with Crippen molar-refractivity contribution in [3.63, 3.8) is 0 Å². The van der Waals surface area contributed by atoms with Crippen LogP contribution in [0.3, 0.4) is 0 Å². The van der Waals surface area contributed by atoms with Crippen LogP contribution in [-0.4, -0.2) is 12.5 Å². The molecule has 0 heterocycles. The molecule has 1 rings (SSSR count). The van der Waals surface area contributed by atoms with E-state index in [-0.39, 0.29) is 18.8 Å². The van der Waals surface area contributed by atoms with Gasteiger partial charge in [-0.15, -0.1) is 0 Å². The predicted molar refractivity (Wildman–Crippen MR) is 54.5 cm³/mol. The third-order valence-corrected chi connectivity index (χ3v) is 2.74. The molecule has 88 valence electrons. The number of carbonyl (C=O) groups is 1. The first kappa shape index (κ1) is 12.8. The van der Waals surface area contributed by atoms with Crippen molar-refractivity contribution in [3.8, 4) is 11.8 Å². The Bertz CT molecular complexity index is 311. The third kappa shape index (κ3) is 4.09. The van der Waals surface area contributed by atoms with Crippen LogP contribution >= 0.6 is 0 Å². The molecule has 0 N–H and O–H groups in total. The molecule has 1 aliphatic rings. The minimum absolute atomic E-state index is 0.0369. The fourth-order valence-electron chi connectivity index (χ4n) is 1.82. The Labute approximate surface area is 92.7 Å². The lowest BCUT2D eigenvalue weighted by Crippen LogP contribution is -2.27. The van der Waals surface area contributed by atoms with E-state index in [0.29, 0.717) is 19.1 Å². The molecule has 0 amide bonds. The van der Waals surface area contributed by atoms with E-state index in [1.54, 1.807) is 0 Å². The van der Waals surface area contributed by atoms with Crippen LogP contribution in [-0.2, 0) is 4.79 Å². The lowest BCUT2D eigenvalue weighted by Gasteiger charge is -2.27. The molecule has 4 heteroatoms. The van der Waals surface area contributed by atoms with Crippen molar-refractivity contribution in [3.05, 3.63) is 12.2 Å². The van der Waals surface area contributed by atoms with Crippen LogP contribution in [0.15, 0.2) is 12.2 Å². The van der Waals surface area contributed by atoms with Gasteiger partial charge in [-0.25, -0.2) is 0 Å². The number of halogens is 3. The Morgan fingerprint density at radius 3 is 2.25 bits per heavy atom. The fourth-order valence-corrected chi connectivity index (χ4v) is 1.82. The van der Waals surface area contributed by atoms with Crippen LogP contribution in [0, 0.1) is 23.7 Å². The molecule has 1 saturated carbocycles. The molecule has 1 nitrogen and oxygen atoms in total. The van der Waals surface area contributed by atoms with Crippen molar-refractivity contribution < 1.29 is 18.0 Å². The maximum absolute atomic E-state index is 12.3. The summed E-state index contributed by atoms with van der Waals surface area (Å²) in [5.41, 5.74) is 0. The molecule has 1 aliphatic carbocycles. The van der Waals surface area contributed by atoms with Gasteiger partial charge in [-0.3, -0.25) is 4.79 Å². The Hall–Kier alpha value is -1.24. The lowest BCUT2D eigenvalue weighted by molar-refractivity contribution is -0.183. The van der Waals surface area contributed by atoms with E-state index in [4.69, 9.17) is 0 Å². The third-order valence-electron chi connectivity index (χ3n) is 2.74. The van der Waals surface area contributed by atoms with Crippen molar-refractivity contribution in [2.24, 2.45) is 11.8 Å². The van der Waals surface area contributed by atoms with Crippen LogP contribution in [0.4, 0.5) is 13.2 Å². The number of allylic oxidation sites excluding steroid dienone is 2. The van der Waals surface area contributed by atoms with Crippen LogP contribution < -0.4 is 0 Å². The molecule has 0 spiro atoms. The minimum Gasteiger partial charge on any atom is -0.299 e. The molecule has 0 aliphatic heterocycles. The van der Waals surface area contributed by atoms with Crippen molar-refractivity contribution >= 4 is 6.29 Å². The van der Waals surface area contributed by atoms with E-state index in [2.05, 4.69) is 11.8 Å². The average Bonchev–Trinajstić information content (AvgIpc) is 2.24. The highest BCUT2D eigenvalue weighted by Crippen LogP contribution is 2.39. The summed E-state index contributed by atoms with van der Waals surface area (Å²) in [4.78, 5) is 9.93. The summed E-state index contributed by atoms with van der Waals surface area (Å²) < 4.78 is 37.0. The summed E-state index contributed by atoms with van der Waals surface area (Å²) >= 11 is 0. The number of hydrogen-bond acceptors (Lipinski definition) is 1. The molecule has 0 radical (unpaired) electrons. The van der Waals surface area contributed by atoms with Gasteiger partial charge in [-0.05, 0) is 37.8 Å². The Kier molecular flexibility index (Phi) is 4.60. The van der Waals surface area contributed by atoms with Gasteiger partial charge >= 0.3 is 6.18 Å². The zero-order valence-corrected chi connectivity index (χ0v) is 8.76. The summed E-state index contributed by atoms with van der Waals surface area (Å²) in [6.45, 7) is 0. The zero-order chi connectivity index (χ0) is 12.0. The standard InChI is InChI=1S/C12H13F3O/c13-12(14,15)11-7-5-10(6-8-11)4-2-1-3-9-16/h1,3,9-11H,5-8H2/b3-1+. The summed E-state index contributed by atoms with van der Waals surface area (Å²) in [6.07, 6.45) is 0.570. The van der Waals surface area contributed by atoms with Crippen molar-refractivity contribution in [1.29, 1.82) is 0 Å². The van der Waals surface area contributed by atoms with Crippen molar-refractivity contribution in [2.75, 3.05) is 0 Å². The monoisotopic (exact) mass is 230 g/mol. The predicted octanol–water partition coefficient (Wildman–Crippen LogP) is 3.11. The second-order valence-corrected chi connectivity index (χ2v) is 3.87. The van der Waals surface area contributed by atoms with E-state index < -0.39 is 12.1 Å². The first-order valence-corrected chi connectivity index (χ1v) is 5.22. The van der Waals surface area contributed by atoms with Crippen LogP contribution in [0.5, 0.6) is 0 Å². The molecular formula is C12H13F3O. The molecule has 0 saturated heterocycles. The molecule has 0 aromatic rings. The Morgan fingerprint density at radius 2 is 1.75 bits per heavy atom. The SMILES string of the molecule is O=C/C=C/C#CC1CCC(C(F)(F)F)CC1. The number of rotatable bonds is 1. The molecule has 1 fully saturated rings. The highest BCUT2D eigenvalue weighted by molar-refractivity contribution is 5.65. The van der Waals surface area contributed by atoms with E-state index >= 15 is 0 Å². The largest absolute Gasteiger partial charge is 0.391 e. The summed E-state index contributed by atoms with van der Waals surface area (Å²) in [6, 6.07) is 0. The van der Waals surface area contributed by atoms with Gasteiger partial charge < -0.3 is 0 Å². The number of hydrogen-bond donors (Lipinski definition) is 0. The van der Waals surface area contributed by atoms with Gasteiger partial charge in [0.05, 0.1) is 5.92 Å². The maximum Gasteiger partial charge on any atom is 0.391 e. The van der Waals surface area contributed by atoms with Crippen molar-refractivity contribution in [2.45, 2.75) is 31.9 Å². The topological polar surface area (TPSA) is 17.1 Å². The normalized spacial score (nSPS) is 26.2. The summed E-state index contributed by atoms with van der Waals surface area (Å²) in [5.74, 6) is 4.41. The number of alkyl halides is 3. The molecule has 0 bridgehead atoms. The molecule has 0 unspecified atom stereocenters. The molecular weight excluding hydrogens is 217 g/mol. The van der Waals surface area contributed by atoms with Gasteiger partial charge in [0.25, 0.3) is 0 Å². The van der Waals surface area contributed by atoms with Crippen LogP contribution in [0.25, 0.3) is 0 Å². The highest BCUT2D eigenvalue weighted by Gasteiger charge is 2.41. The number of aldehydes is 1. The zero-order valence-electron chi connectivity index (χ0n) is 8.76. The Morgan fingerprint density at radius 1 is 1.12 bits per heavy atom. The highest BCUT2D eigenvalue weighted by atomic mass is 19.4. The molecule has 16 heavy (non-hydrogen) atoms. The second kappa shape index (κ2) is 5.74. The van der Waals surface area contributed by atoms with Crippen LogP contribution in [0.2, 0.25) is 0 Å². The van der Waals surface area contributed by atoms with E-state index in [0.717, 1.165) is 0 Å². The summed E-state index contributed by atoms with van der Waals surface area (Å²) in [5, 5.41) is 0. The lowest BCUT2D eigenvalue weighted by atomic mass is 9.82. The maximum atomic E-state index is 12.3. The molecule has 0 aromatic carbocycles. The van der Waals surface area contributed by atoms with Gasteiger partial charge in [-0.2, -0.15) is 13.2 Å². The number of carbonyl (C=O) groups excluding carboxylic acids is 1. The molecule has 0 aromatic heterocycles. The first-order valence-electron chi connectivity index (χ1n) is 5.22. The smallest absolute Gasteiger partial charge is 0.299 e. The second-order valence-electron chi connectivity index (χ2n) is 3.87. The first-order chi connectivity index (χ1) is 7.54. The Balaban J connectivity index is 2.39. The van der Waals surface area contributed by atoms with Crippen LogP contribution in [0.1, 0.15) is 25.7 Å². The van der Waals surface area contributed by atoms with E-state index in [1.165, 1.54) is 12.2 Å². The van der Waals surface area contributed by atoms with Gasteiger partial charge in [0.2, 0.25) is 0 Å². The van der Waals surface area contributed by atoms with E-state index in [9.17, 15) is 18.0 Å². The van der Waals surface area contributed by atoms with E-state index in [1.807, 2.05) is 0 Å². The van der Waals surface area contributed by atoms with Gasteiger partial charge in [-0.1, -0.05) is 11.8 Å². The minimum atomic E-state index is -4.06. The summed E-state index contributed by atoms with van der Waals surface area (Å²) in [7, 11) is 0.